The first kappa shape index (κ1) is 20.0. The molecule has 0 spiro atoms. The molecule has 6 heteroatoms. The van der Waals surface area contributed by atoms with Gasteiger partial charge in [0.1, 0.15) is 0 Å². The van der Waals surface area contributed by atoms with Crippen LogP contribution in [0, 0.1) is 6.92 Å². The van der Waals surface area contributed by atoms with Crippen LogP contribution in [-0.4, -0.2) is 14.3 Å². The predicted molar refractivity (Wildman–Crippen MR) is 106 cm³/mol. The molecule has 0 unspecified atom stereocenters. The molecule has 140 valence electrons. The first-order valence-corrected chi connectivity index (χ1v) is 10.4. The van der Waals surface area contributed by atoms with E-state index in [9.17, 15) is 13.2 Å². The fourth-order valence-electron chi connectivity index (χ4n) is 2.65. The monoisotopic (exact) mass is 374 g/mol. The lowest BCUT2D eigenvalue weighted by Gasteiger charge is -2.14. The number of aryl methyl sites for hydroxylation is 1. The summed E-state index contributed by atoms with van der Waals surface area (Å²) >= 11 is 0. The number of hydrogen-bond donors (Lipinski definition) is 2. The molecule has 2 aromatic carbocycles. The van der Waals surface area contributed by atoms with Crippen LogP contribution in [0.15, 0.2) is 47.4 Å². The quantitative estimate of drug-likeness (QED) is 0.715. The number of carbonyl (C=O) groups excluding carboxylic acids is 1. The van der Waals surface area contributed by atoms with E-state index < -0.39 is 10.0 Å². The van der Waals surface area contributed by atoms with Crippen LogP contribution < -0.4 is 10.0 Å². The third-order valence-electron chi connectivity index (χ3n) is 4.10. The van der Waals surface area contributed by atoms with E-state index in [1.54, 1.807) is 37.3 Å². The fourth-order valence-corrected chi connectivity index (χ4v) is 3.77. The van der Waals surface area contributed by atoms with E-state index in [2.05, 4.69) is 17.0 Å². The Hall–Kier alpha value is -2.34. The minimum atomic E-state index is -3.69. The maximum absolute atomic E-state index is 12.7. The van der Waals surface area contributed by atoms with Crippen molar-refractivity contribution >= 4 is 27.3 Å². The number of amides is 1. The molecule has 26 heavy (non-hydrogen) atoms. The van der Waals surface area contributed by atoms with Crippen molar-refractivity contribution in [1.29, 1.82) is 0 Å². The number of rotatable bonds is 8. The molecule has 0 bridgehead atoms. The van der Waals surface area contributed by atoms with Crippen molar-refractivity contribution in [3.63, 3.8) is 0 Å². The molecule has 0 heterocycles. The number of sulfonamides is 1. The molecular formula is C20H26N2O3S. The van der Waals surface area contributed by atoms with Crippen molar-refractivity contribution in [2.75, 3.05) is 10.0 Å². The van der Waals surface area contributed by atoms with E-state index >= 15 is 0 Å². The van der Waals surface area contributed by atoms with Crippen LogP contribution in [-0.2, 0) is 21.2 Å². The molecule has 0 fully saturated rings. The number of hydrogen-bond acceptors (Lipinski definition) is 3. The molecule has 1 amide bonds. The van der Waals surface area contributed by atoms with Crippen LogP contribution >= 0.6 is 0 Å². The van der Waals surface area contributed by atoms with Crippen LogP contribution in [0.5, 0.6) is 0 Å². The first-order chi connectivity index (χ1) is 12.4. The van der Waals surface area contributed by atoms with Gasteiger partial charge in [-0.1, -0.05) is 38.5 Å². The summed E-state index contributed by atoms with van der Waals surface area (Å²) in [4.78, 5) is 12.0. The van der Waals surface area contributed by atoms with Gasteiger partial charge in [0.15, 0.2) is 0 Å². The van der Waals surface area contributed by atoms with E-state index in [0.29, 0.717) is 23.4 Å². The predicted octanol–water partition coefficient (Wildman–Crippen LogP) is 4.49. The van der Waals surface area contributed by atoms with Crippen LogP contribution in [0.3, 0.4) is 0 Å². The van der Waals surface area contributed by atoms with Crippen LogP contribution in [0.4, 0.5) is 11.4 Å². The Morgan fingerprint density at radius 3 is 2.23 bits per heavy atom. The van der Waals surface area contributed by atoms with Crippen molar-refractivity contribution in [3.8, 4) is 0 Å². The molecule has 0 aliphatic carbocycles. The lowest BCUT2D eigenvalue weighted by molar-refractivity contribution is -0.116. The van der Waals surface area contributed by atoms with E-state index in [0.717, 1.165) is 24.8 Å². The van der Waals surface area contributed by atoms with Crippen molar-refractivity contribution in [2.45, 2.75) is 51.3 Å². The molecule has 2 rings (SSSR count). The number of anilines is 2. The Morgan fingerprint density at radius 2 is 1.62 bits per heavy atom. The van der Waals surface area contributed by atoms with E-state index in [-0.39, 0.29) is 10.8 Å². The SMILES string of the molecule is CCCC(=O)Nc1cccc(NS(=O)(=O)c2ccc(CCC)cc2)c1C. The largest absolute Gasteiger partial charge is 0.326 e. The van der Waals surface area contributed by atoms with Gasteiger partial charge in [0.05, 0.1) is 10.6 Å². The maximum Gasteiger partial charge on any atom is 0.261 e. The van der Waals surface area contributed by atoms with Crippen LogP contribution in [0.25, 0.3) is 0 Å². The molecular weight excluding hydrogens is 348 g/mol. The third-order valence-corrected chi connectivity index (χ3v) is 5.48. The zero-order chi connectivity index (χ0) is 19.2. The second kappa shape index (κ2) is 8.85. The summed E-state index contributed by atoms with van der Waals surface area (Å²) in [6, 6.07) is 12.1. The molecule has 5 nitrogen and oxygen atoms in total. The molecule has 0 aromatic heterocycles. The smallest absolute Gasteiger partial charge is 0.261 e. The zero-order valence-electron chi connectivity index (χ0n) is 15.5. The van der Waals surface area contributed by atoms with Crippen molar-refractivity contribution in [3.05, 3.63) is 53.6 Å². The second-order valence-corrected chi connectivity index (χ2v) is 7.96. The van der Waals surface area contributed by atoms with E-state index in [1.165, 1.54) is 0 Å². The topological polar surface area (TPSA) is 75.3 Å². The second-order valence-electron chi connectivity index (χ2n) is 6.28. The summed E-state index contributed by atoms with van der Waals surface area (Å²) in [6.07, 6.45) is 3.12. The maximum atomic E-state index is 12.7. The molecule has 0 aliphatic rings. The molecule has 0 saturated heterocycles. The van der Waals surface area contributed by atoms with Crippen molar-refractivity contribution in [2.24, 2.45) is 0 Å². The van der Waals surface area contributed by atoms with Gasteiger partial charge < -0.3 is 5.32 Å². The lowest BCUT2D eigenvalue weighted by atomic mass is 10.1. The highest BCUT2D eigenvalue weighted by Crippen LogP contribution is 2.26. The van der Waals surface area contributed by atoms with Gasteiger partial charge in [-0.15, -0.1) is 0 Å². The minimum Gasteiger partial charge on any atom is -0.326 e. The Kier molecular flexibility index (Phi) is 6.80. The number of nitrogens with one attached hydrogen (secondary N) is 2. The summed E-state index contributed by atoms with van der Waals surface area (Å²) in [5.41, 5.74) is 2.87. The van der Waals surface area contributed by atoms with E-state index in [1.807, 2.05) is 19.1 Å². The van der Waals surface area contributed by atoms with Crippen molar-refractivity contribution in [1.82, 2.24) is 0 Å². The molecule has 0 saturated carbocycles. The highest BCUT2D eigenvalue weighted by atomic mass is 32.2. The minimum absolute atomic E-state index is 0.0814. The average Bonchev–Trinajstić information content (AvgIpc) is 2.59. The molecule has 0 atom stereocenters. The number of benzene rings is 2. The van der Waals surface area contributed by atoms with Crippen LogP contribution in [0.2, 0.25) is 0 Å². The van der Waals surface area contributed by atoms with Gasteiger partial charge in [-0.25, -0.2) is 8.42 Å². The highest BCUT2D eigenvalue weighted by Gasteiger charge is 2.16. The average molecular weight is 375 g/mol. The molecule has 2 N–H and O–H groups in total. The normalized spacial score (nSPS) is 11.2. The van der Waals surface area contributed by atoms with Crippen LogP contribution in [0.1, 0.15) is 44.2 Å². The van der Waals surface area contributed by atoms with Gasteiger partial charge in [0, 0.05) is 12.1 Å². The summed E-state index contributed by atoms with van der Waals surface area (Å²) in [7, 11) is -3.69. The fraction of sp³-hybridized carbons (Fsp3) is 0.350. The Balaban J connectivity index is 2.22. The standard InChI is InChI=1S/C20H26N2O3S/c1-4-7-16-11-13-17(14-12-16)26(24,25)22-19-10-6-9-18(15(19)3)21-20(23)8-5-2/h6,9-14,22H,4-5,7-8H2,1-3H3,(H,21,23). The van der Waals surface area contributed by atoms with Gasteiger partial charge in [-0.05, 0) is 55.2 Å². The third kappa shape index (κ3) is 5.08. The summed E-state index contributed by atoms with van der Waals surface area (Å²) in [6.45, 7) is 5.80. The lowest BCUT2D eigenvalue weighted by Crippen LogP contribution is -2.16. The molecule has 0 aliphatic heterocycles. The summed E-state index contributed by atoms with van der Waals surface area (Å²) in [5.74, 6) is -0.0814. The van der Waals surface area contributed by atoms with Gasteiger partial charge in [0.25, 0.3) is 10.0 Å². The van der Waals surface area contributed by atoms with Gasteiger partial charge in [-0.3, -0.25) is 9.52 Å². The number of carbonyl (C=O) groups is 1. The Bertz CT molecular complexity index is 859. The van der Waals surface area contributed by atoms with Gasteiger partial charge in [-0.2, -0.15) is 0 Å². The first-order valence-electron chi connectivity index (χ1n) is 8.88. The Morgan fingerprint density at radius 1 is 0.962 bits per heavy atom. The molecule has 0 radical (unpaired) electrons. The van der Waals surface area contributed by atoms with Gasteiger partial charge in [0.2, 0.25) is 5.91 Å². The summed E-state index contributed by atoms with van der Waals surface area (Å²) in [5, 5.41) is 2.82. The highest BCUT2D eigenvalue weighted by molar-refractivity contribution is 7.92. The van der Waals surface area contributed by atoms with Crippen molar-refractivity contribution < 1.29 is 13.2 Å². The Labute approximate surface area is 155 Å². The zero-order valence-corrected chi connectivity index (χ0v) is 16.3. The summed E-state index contributed by atoms with van der Waals surface area (Å²) < 4.78 is 27.9. The van der Waals surface area contributed by atoms with Gasteiger partial charge >= 0.3 is 0 Å². The van der Waals surface area contributed by atoms with E-state index in [4.69, 9.17) is 0 Å². The molecule has 2 aromatic rings.